The number of carbonyl (C=O) groups is 1. The van der Waals surface area contributed by atoms with E-state index < -0.39 is 0 Å². The second kappa shape index (κ2) is 6.70. The molecule has 6 nitrogen and oxygen atoms in total. The molecule has 6 heteroatoms. The number of aryl methyl sites for hydroxylation is 1. The summed E-state index contributed by atoms with van der Waals surface area (Å²) in [6.07, 6.45) is 5.36. The zero-order valence-corrected chi connectivity index (χ0v) is 12.5. The Bertz CT molecular complexity index is 621. The van der Waals surface area contributed by atoms with E-state index in [4.69, 9.17) is 9.26 Å². The second-order valence-electron chi connectivity index (χ2n) is 5.51. The van der Waals surface area contributed by atoms with Crippen LogP contribution in [0.1, 0.15) is 40.7 Å². The van der Waals surface area contributed by atoms with Gasteiger partial charge in [0.15, 0.2) is 5.69 Å². The monoisotopic (exact) mass is 301 g/mol. The SMILES string of the molecule is Cc1cc(C(=O)NC(c2cccnc2)C2CCOCC2)no1. The minimum Gasteiger partial charge on any atom is -0.381 e. The Kier molecular flexibility index (Phi) is 4.48. The molecule has 2 aromatic heterocycles. The van der Waals surface area contributed by atoms with Crippen LogP contribution in [-0.4, -0.2) is 29.3 Å². The highest BCUT2D eigenvalue weighted by Gasteiger charge is 2.28. The van der Waals surface area contributed by atoms with Crippen LogP contribution in [0.15, 0.2) is 35.1 Å². The van der Waals surface area contributed by atoms with Crippen molar-refractivity contribution in [3.8, 4) is 0 Å². The first kappa shape index (κ1) is 14.7. The first-order valence-corrected chi connectivity index (χ1v) is 7.46. The maximum Gasteiger partial charge on any atom is 0.273 e. The van der Waals surface area contributed by atoms with Crippen molar-refractivity contribution in [3.05, 3.63) is 47.6 Å². The Balaban J connectivity index is 1.80. The Morgan fingerprint density at radius 2 is 2.23 bits per heavy atom. The molecule has 1 aliphatic heterocycles. The fourth-order valence-electron chi connectivity index (χ4n) is 2.77. The van der Waals surface area contributed by atoms with Crippen molar-refractivity contribution in [2.24, 2.45) is 5.92 Å². The van der Waals surface area contributed by atoms with Crippen molar-refractivity contribution >= 4 is 5.91 Å². The average Bonchev–Trinajstić information content (AvgIpc) is 3.01. The van der Waals surface area contributed by atoms with Gasteiger partial charge in [-0.3, -0.25) is 9.78 Å². The number of hydrogen-bond donors (Lipinski definition) is 1. The molecule has 116 valence electrons. The number of rotatable bonds is 4. The fourth-order valence-corrected chi connectivity index (χ4v) is 2.77. The number of ether oxygens (including phenoxy) is 1. The van der Waals surface area contributed by atoms with E-state index in [1.165, 1.54) is 0 Å². The standard InChI is InChI=1S/C16H19N3O3/c1-11-9-14(19-22-11)16(20)18-15(12-4-7-21-8-5-12)13-3-2-6-17-10-13/h2-3,6,9-10,12,15H,4-5,7-8H2,1H3,(H,18,20). The van der Waals surface area contributed by atoms with Gasteiger partial charge in [0, 0.05) is 31.7 Å². The molecule has 0 spiro atoms. The van der Waals surface area contributed by atoms with Gasteiger partial charge in [-0.2, -0.15) is 0 Å². The molecule has 1 aliphatic rings. The predicted octanol–water partition coefficient (Wildman–Crippen LogP) is 2.28. The van der Waals surface area contributed by atoms with Gasteiger partial charge in [-0.05, 0) is 37.3 Å². The zero-order chi connectivity index (χ0) is 15.4. The predicted molar refractivity (Wildman–Crippen MR) is 79.2 cm³/mol. The first-order chi connectivity index (χ1) is 10.7. The van der Waals surface area contributed by atoms with Crippen molar-refractivity contribution in [2.45, 2.75) is 25.8 Å². The average molecular weight is 301 g/mol. The van der Waals surface area contributed by atoms with Crippen LogP contribution in [0.25, 0.3) is 0 Å². The van der Waals surface area contributed by atoms with E-state index >= 15 is 0 Å². The summed E-state index contributed by atoms with van der Waals surface area (Å²) >= 11 is 0. The summed E-state index contributed by atoms with van der Waals surface area (Å²) in [6, 6.07) is 5.41. The summed E-state index contributed by atoms with van der Waals surface area (Å²) in [4.78, 5) is 16.6. The molecule has 1 fully saturated rings. The third-order valence-electron chi connectivity index (χ3n) is 3.93. The number of pyridine rings is 1. The first-order valence-electron chi connectivity index (χ1n) is 7.46. The van der Waals surface area contributed by atoms with E-state index in [-0.39, 0.29) is 11.9 Å². The number of hydrogen-bond acceptors (Lipinski definition) is 5. The largest absolute Gasteiger partial charge is 0.381 e. The highest BCUT2D eigenvalue weighted by Crippen LogP contribution is 2.30. The minimum absolute atomic E-state index is 0.0953. The molecule has 0 aromatic carbocycles. The Labute approximate surface area is 128 Å². The van der Waals surface area contributed by atoms with Gasteiger partial charge >= 0.3 is 0 Å². The van der Waals surface area contributed by atoms with E-state index in [1.54, 1.807) is 25.4 Å². The molecule has 1 unspecified atom stereocenters. The highest BCUT2D eigenvalue weighted by atomic mass is 16.5. The number of nitrogens with one attached hydrogen (secondary N) is 1. The lowest BCUT2D eigenvalue weighted by Gasteiger charge is -2.30. The van der Waals surface area contributed by atoms with Crippen LogP contribution in [-0.2, 0) is 4.74 Å². The number of carbonyl (C=O) groups excluding carboxylic acids is 1. The van der Waals surface area contributed by atoms with Crippen LogP contribution in [0.2, 0.25) is 0 Å². The van der Waals surface area contributed by atoms with Gasteiger partial charge in [0.2, 0.25) is 0 Å². The quantitative estimate of drug-likeness (QED) is 0.937. The summed E-state index contributed by atoms with van der Waals surface area (Å²) < 4.78 is 10.4. The minimum atomic E-state index is -0.225. The smallest absolute Gasteiger partial charge is 0.273 e. The van der Waals surface area contributed by atoms with Crippen LogP contribution in [0, 0.1) is 12.8 Å². The number of nitrogens with zero attached hydrogens (tertiary/aromatic N) is 2. The molecular formula is C16H19N3O3. The molecule has 0 aliphatic carbocycles. The summed E-state index contributed by atoms with van der Waals surface area (Å²) in [5, 5.41) is 6.86. The lowest BCUT2D eigenvalue weighted by molar-refractivity contribution is 0.0512. The van der Waals surface area contributed by atoms with Crippen LogP contribution < -0.4 is 5.32 Å². The molecular weight excluding hydrogens is 282 g/mol. The molecule has 3 heterocycles. The van der Waals surface area contributed by atoms with Gasteiger partial charge in [0.1, 0.15) is 5.76 Å². The van der Waals surface area contributed by atoms with Gasteiger partial charge in [-0.15, -0.1) is 0 Å². The number of aromatic nitrogens is 2. The molecule has 1 amide bonds. The van der Waals surface area contributed by atoms with E-state index in [9.17, 15) is 4.79 Å². The van der Waals surface area contributed by atoms with Crippen LogP contribution in [0.3, 0.4) is 0 Å². The van der Waals surface area contributed by atoms with Crippen LogP contribution >= 0.6 is 0 Å². The van der Waals surface area contributed by atoms with Crippen molar-refractivity contribution in [1.82, 2.24) is 15.5 Å². The Morgan fingerprint density at radius 3 is 2.86 bits per heavy atom. The third-order valence-corrected chi connectivity index (χ3v) is 3.93. The van der Waals surface area contributed by atoms with E-state index in [1.807, 2.05) is 12.1 Å². The van der Waals surface area contributed by atoms with Gasteiger partial charge in [-0.1, -0.05) is 11.2 Å². The molecule has 0 bridgehead atoms. The van der Waals surface area contributed by atoms with Crippen molar-refractivity contribution < 1.29 is 14.1 Å². The van der Waals surface area contributed by atoms with Gasteiger partial charge in [0.05, 0.1) is 6.04 Å². The zero-order valence-electron chi connectivity index (χ0n) is 12.5. The number of amides is 1. The molecule has 2 aromatic rings. The van der Waals surface area contributed by atoms with Gasteiger partial charge in [0.25, 0.3) is 5.91 Å². The molecule has 1 N–H and O–H groups in total. The maximum atomic E-state index is 12.4. The summed E-state index contributed by atoms with van der Waals surface area (Å²) in [7, 11) is 0. The van der Waals surface area contributed by atoms with E-state index in [0.29, 0.717) is 17.4 Å². The Hall–Kier alpha value is -2.21. The third kappa shape index (κ3) is 3.33. The molecule has 3 rings (SSSR count). The lowest BCUT2D eigenvalue weighted by atomic mass is 9.87. The summed E-state index contributed by atoms with van der Waals surface area (Å²) in [5.41, 5.74) is 1.31. The maximum absolute atomic E-state index is 12.4. The lowest BCUT2D eigenvalue weighted by Crippen LogP contribution is -2.36. The molecule has 1 atom stereocenters. The molecule has 0 saturated carbocycles. The van der Waals surface area contributed by atoms with Gasteiger partial charge < -0.3 is 14.6 Å². The molecule has 0 radical (unpaired) electrons. The van der Waals surface area contributed by atoms with Gasteiger partial charge in [-0.25, -0.2) is 0 Å². The second-order valence-corrected chi connectivity index (χ2v) is 5.51. The normalized spacial score (nSPS) is 17.1. The molecule has 1 saturated heterocycles. The van der Waals surface area contributed by atoms with E-state index in [2.05, 4.69) is 15.5 Å². The van der Waals surface area contributed by atoms with Crippen LogP contribution in [0.5, 0.6) is 0 Å². The Morgan fingerprint density at radius 1 is 1.41 bits per heavy atom. The van der Waals surface area contributed by atoms with Crippen molar-refractivity contribution in [2.75, 3.05) is 13.2 Å². The van der Waals surface area contributed by atoms with Crippen molar-refractivity contribution in [3.63, 3.8) is 0 Å². The van der Waals surface area contributed by atoms with Crippen LogP contribution in [0.4, 0.5) is 0 Å². The molecule has 22 heavy (non-hydrogen) atoms. The van der Waals surface area contributed by atoms with E-state index in [0.717, 1.165) is 31.6 Å². The fraction of sp³-hybridized carbons (Fsp3) is 0.438. The highest BCUT2D eigenvalue weighted by molar-refractivity contribution is 5.92. The summed E-state index contributed by atoms with van der Waals surface area (Å²) in [5.74, 6) is 0.723. The topological polar surface area (TPSA) is 77.2 Å². The summed E-state index contributed by atoms with van der Waals surface area (Å²) in [6.45, 7) is 3.21. The van der Waals surface area contributed by atoms with Crippen molar-refractivity contribution in [1.29, 1.82) is 0 Å².